The molecule has 0 aliphatic carbocycles. The zero-order valence-electron chi connectivity index (χ0n) is 7.45. The summed E-state index contributed by atoms with van der Waals surface area (Å²) >= 11 is 5.21. The molecule has 0 saturated carbocycles. The lowest BCUT2D eigenvalue weighted by Gasteiger charge is -2.09. The molecule has 0 atom stereocenters. The van der Waals surface area contributed by atoms with Crippen LogP contribution in [0.25, 0.3) is 0 Å². The molecule has 0 aromatic carbocycles. The van der Waals surface area contributed by atoms with E-state index in [0.29, 0.717) is 16.2 Å². The van der Waals surface area contributed by atoms with Crippen LogP contribution in [0.4, 0.5) is 0 Å². The maximum atomic E-state index is 10.9. The van der Waals surface area contributed by atoms with Crippen LogP contribution in [0.5, 0.6) is 0 Å². The van der Waals surface area contributed by atoms with Crippen molar-refractivity contribution in [2.45, 2.75) is 20.3 Å². The minimum atomic E-state index is -3.70. The number of rotatable bonds is 5. The molecular formula is C6H14ClNO3S. The highest BCUT2D eigenvalue weighted by Gasteiger charge is 2.15. The third-order valence-electron chi connectivity index (χ3n) is 1.24. The molecule has 0 amide bonds. The summed E-state index contributed by atoms with van der Waals surface area (Å²) in [5, 5.41) is 0. The smallest absolute Gasteiger partial charge is 0.257 e. The molecule has 0 heterocycles. The van der Waals surface area contributed by atoms with Gasteiger partial charge in [0, 0.05) is 7.05 Å². The molecule has 0 unspecified atom stereocenters. The minimum absolute atomic E-state index is 0.178. The SMILES string of the molecule is CC(C)CCOS(=O)(=O)N(C)Cl. The maximum absolute atomic E-state index is 10.9. The summed E-state index contributed by atoms with van der Waals surface area (Å²) in [7, 11) is -2.48. The van der Waals surface area contributed by atoms with Gasteiger partial charge >= 0.3 is 10.3 Å². The molecule has 4 nitrogen and oxygen atoms in total. The van der Waals surface area contributed by atoms with Crippen LogP contribution in [0.2, 0.25) is 0 Å². The van der Waals surface area contributed by atoms with E-state index in [0.717, 1.165) is 0 Å². The fourth-order valence-corrected chi connectivity index (χ4v) is 1.03. The van der Waals surface area contributed by atoms with Crippen molar-refractivity contribution in [3.05, 3.63) is 0 Å². The molecule has 0 N–H and O–H groups in total. The highest BCUT2D eigenvalue weighted by Crippen LogP contribution is 2.06. The van der Waals surface area contributed by atoms with Crippen molar-refractivity contribution in [3.63, 3.8) is 0 Å². The Hall–Kier alpha value is 0.160. The first-order valence-corrected chi connectivity index (χ1v) is 5.35. The number of hydrogen-bond acceptors (Lipinski definition) is 3. The van der Waals surface area contributed by atoms with E-state index in [4.69, 9.17) is 11.8 Å². The van der Waals surface area contributed by atoms with Crippen LogP contribution in [-0.2, 0) is 14.5 Å². The van der Waals surface area contributed by atoms with Gasteiger partial charge in [-0.1, -0.05) is 17.7 Å². The molecule has 0 saturated heterocycles. The largest absolute Gasteiger partial charge is 0.351 e. The number of nitrogens with zero attached hydrogens (tertiary/aromatic N) is 1. The van der Waals surface area contributed by atoms with Gasteiger partial charge in [0.2, 0.25) is 0 Å². The van der Waals surface area contributed by atoms with Crippen molar-refractivity contribution >= 4 is 22.1 Å². The molecule has 0 rings (SSSR count). The predicted octanol–water partition coefficient (Wildman–Crippen LogP) is 1.38. The van der Waals surface area contributed by atoms with E-state index in [1.807, 2.05) is 13.8 Å². The van der Waals surface area contributed by atoms with Crippen molar-refractivity contribution in [1.82, 2.24) is 3.82 Å². The molecule has 0 fully saturated rings. The van der Waals surface area contributed by atoms with Gasteiger partial charge < -0.3 is 0 Å². The highest BCUT2D eigenvalue weighted by atomic mass is 35.5. The second-order valence-corrected chi connectivity index (χ2v) is 5.20. The zero-order valence-corrected chi connectivity index (χ0v) is 9.02. The molecule has 0 radical (unpaired) electrons. The Balaban J connectivity index is 3.79. The second-order valence-electron chi connectivity index (χ2n) is 2.85. The van der Waals surface area contributed by atoms with Gasteiger partial charge in [-0.3, -0.25) is 4.18 Å². The van der Waals surface area contributed by atoms with Gasteiger partial charge in [-0.25, -0.2) is 0 Å². The third-order valence-corrected chi connectivity index (χ3v) is 2.82. The molecule has 0 aromatic rings. The van der Waals surface area contributed by atoms with E-state index in [9.17, 15) is 8.42 Å². The first-order valence-electron chi connectivity index (χ1n) is 3.65. The Bertz CT molecular complexity index is 213. The van der Waals surface area contributed by atoms with Gasteiger partial charge in [-0.15, -0.1) is 0 Å². The maximum Gasteiger partial charge on any atom is 0.351 e. The molecule has 0 aliphatic heterocycles. The Labute approximate surface area is 78.8 Å². The Kier molecular flexibility index (Phi) is 5.08. The summed E-state index contributed by atoms with van der Waals surface area (Å²) in [6, 6.07) is 0. The number of hydrogen-bond donors (Lipinski definition) is 0. The molecule has 0 aliphatic rings. The van der Waals surface area contributed by atoms with E-state index in [-0.39, 0.29) is 6.61 Å². The standard InChI is InChI=1S/C6H14ClNO3S/c1-6(2)4-5-11-12(9,10)8(3)7/h6H,4-5H2,1-3H3. The lowest BCUT2D eigenvalue weighted by atomic mass is 10.2. The summed E-state index contributed by atoms with van der Waals surface area (Å²) in [6.07, 6.45) is 0.698. The molecule has 0 spiro atoms. The van der Waals surface area contributed by atoms with Crippen LogP contribution in [-0.4, -0.2) is 25.9 Å². The Morgan fingerprint density at radius 1 is 1.50 bits per heavy atom. The molecule has 74 valence electrons. The average Bonchev–Trinajstić information content (AvgIpc) is 1.85. The van der Waals surface area contributed by atoms with E-state index in [2.05, 4.69) is 4.18 Å². The monoisotopic (exact) mass is 215 g/mol. The van der Waals surface area contributed by atoms with E-state index < -0.39 is 10.3 Å². The van der Waals surface area contributed by atoms with E-state index in [1.165, 1.54) is 7.05 Å². The van der Waals surface area contributed by atoms with Crippen LogP contribution in [0, 0.1) is 5.92 Å². The normalized spacial score (nSPS) is 12.8. The van der Waals surface area contributed by atoms with Crippen molar-refractivity contribution in [1.29, 1.82) is 0 Å². The van der Waals surface area contributed by atoms with Gasteiger partial charge in [0.25, 0.3) is 0 Å². The minimum Gasteiger partial charge on any atom is -0.257 e. The molecule has 0 bridgehead atoms. The summed E-state index contributed by atoms with van der Waals surface area (Å²) in [5.41, 5.74) is 0. The summed E-state index contributed by atoms with van der Waals surface area (Å²) in [6.45, 7) is 4.15. The highest BCUT2D eigenvalue weighted by molar-refractivity contribution is 7.85. The van der Waals surface area contributed by atoms with Gasteiger partial charge in [0.15, 0.2) is 0 Å². The first kappa shape index (κ1) is 12.2. The fourth-order valence-electron chi connectivity index (χ4n) is 0.462. The van der Waals surface area contributed by atoms with E-state index >= 15 is 0 Å². The van der Waals surface area contributed by atoms with Crippen molar-refractivity contribution < 1.29 is 12.6 Å². The van der Waals surface area contributed by atoms with Gasteiger partial charge in [0.1, 0.15) is 0 Å². The van der Waals surface area contributed by atoms with Gasteiger partial charge in [-0.05, 0) is 24.1 Å². The van der Waals surface area contributed by atoms with Crippen LogP contribution >= 0.6 is 11.8 Å². The second kappa shape index (κ2) is 5.01. The van der Waals surface area contributed by atoms with Crippen LogP contribution in [0.1, 0.15) is 20.3 Å². The van der Waals surface area contributed by atoms with Crippen LogP contribution in [0.3, 0.4) is 0 Å². The summed E-state index contributed by atoms with van der Waals surface area (Å²) < 4.78 is 26.9. The Morgan fingerprint density at radius 2 is 2.00 bits per heavy atom. The van der Waals surface area contributed by atoms with E-state index in [1.54, 1.807) is 0 Å². The summed E-state index contributed by atoms with van der Waals surface area (Å²) in [4.78, 5) is 0. The van der Waals surface area contributed by atoms with Crippen molar-refractivity contribution in [2.75, 3.05) is 13.7 Å². The fraction of sp³-hybridized carbons (Fsp3) is 1.00. The molecule has 6 heteroatoms. The van der Waals surface area contributed by atoms with Crippen molar-refractivity contribution in [3.8, 4) is 0 Å². The molecular weight excluding hydrogens is 202 g/mol. The zero-order chi connectivity index (χ0) is 9.78. The molecule has 12 heavy (non-hydrogen) atoms. The van der Waals surface area contributed by atoms with Crippen LogP contribution < -0.4 is 0 Å². The van der Waals surface area contributed by atoms with Gasteiger partial charge in [-0.2, -0.15) is 8.42 Å². The van der Waals surface area contributed by atoms with Crippen LogP contribution in [0.15, 0.2) is 0 Å². The molecule has 0 aromatic heterocycles. The Morgan fingerprint density at radius 3 is 2.33 bits per heavy atom. The predicted molar refractivity (Wildman–Crippen MR) is 47.9 cm³/mol. The quantitative estimate of drug-likeness (QED) is 0.651. The lowest BCUT2D eigenvalue weighted by molar-refractivity contribution is 0.278. The number of halogens is 1. The lowest BCUT2D eigenvalue weighted by Crippen LogP contribution is -2.20. The van der Waals surface area contributed by atoms with Gasteiger partial charge in [0.05, 0.1) is 6.61 Å². The summed E-state index contributed by atoms with van der Waals surface area (Å²) in [5.74, 6) is 0.417. The first-order chi connectivity index (χ1) is 5.36. The third kappa shape index (κ3) is 4.92. The average molecular weight is 216 g/mol. The topological polar surface area (TPSA) is 46.6 Å². The van der Waals surface area contributed by atoms with Crippen molar-refractivity contribution in [2.24, 2.45) is 5.92 Å².